The van der Waals surface area contributed by atoms with E-state index in [9.17, 15) is 4.79 Å². The largest absolute Gasteiger partial charge is 0.376 e. The van der Waals surface area contributed by atoms with Gasteiger partial charge in [0, 0.05) is 23.4 Å². The number of aromatic nitrogens is 5. The molecule has 1 aliphatic heterocycles. The Balaban J connectivity index is 1.84. The van der Waals surface area contributed by atoms with Gasteiger partial charge in [-0.25, -0.2) is 4.98 Å². The summed E-state index contributed by atoms with van der Waals surface area (Å²) in [7, 11) is 0. The highest BCUT2D eigenvalue weighted by molar-refractivity contribution is 6.33. The second-order valence-electron chi connectivity index (χ2n) is 6.98. The number of nitrogens with zero attached hydrogens (tertiary/aromatic N) is 5. The second-order valence-corrected chi connectivity index (χ2v) is 7.39. The number of hydrogen-bond acceptors (Lipinski definition) is 5. The maximum Gasteiger partial charge on any atom is 0.262 e. The molecule has 0 N–H and O–H groups in total. The third kappa shape index (κ3) is 2.78. The molecule has 1 fully saturated rings. The molecule has 0 bridgehead atoms. The van der Waals surface area contributed by atoms with Crippen LogP contribution in [-0.2, 0) is 11.3 Å². The summed E-state index contributed by atoms with van der Waals surface area (Å²) in [5.41, 5.74) is 1.77. The van der Waals surface area contributed by atoms with Crippen molar-refractivity contribution in [1.82, 2.24) is 24.1 Å². The van der Waals surface area contributed by atoms with Gasteiger partial charge in [0.15, 0.2) is 0 Å². The Morgan fingerprint density at radius 1 is 1.25 bits per heavy atom. The summed E-state index contributed by atoms with van der Waals surface area (Å²) in [5.74, 6) is 1.02. The first kappa shape index (κ1) is 17.3. The molecule has 28 heavy (non-hydrogen) atoms. The van der Waals surface area contributed by atoms with Gasteiger partial charge in [-0.2, -0.15) is 9.50 Å². The number of aryl methyl sites for hydroxylation is 1. The van der Waals surface area contributed by atoms with Crippen molar-refractivity contribution in [2.45, 2.75) is 32.4 Å². The molecule has 1 atom stereocenters. The number of pyridine rings is 1. The standard InChI is InChI=1S/C20H18ClN5O2/c1-12-22-20-23-16-8-9-25(11-13-5-4-10-28-13)19(27)17(16)18(26(20)24-12)14-6-2-3-7-15(14)21/h2-3,6-9,13H,4-5,10-11H2,1H3/t13-/m0/s1. The normalized spacial score (nSPS) is 17.0. The molecule has 0 radical (unpaired) electrons. The van der Waals surface area contributed by atoms with E-state index in [1.165, 1.54) is 0 Å². The quantitative estimate of drug-likeness (QED) is 0.532. The van der Waals surface area contributed by atoms with Gasteiger partial charge < -0.3 is 9.30 Å². The first-order valence-corrected chi connectivity index (χ1v) is 9.62. The van der Waals surface area contributed by atoms with Gasteiger partial charge in [-0.1, -0.05) is 29.8 Å². The van der Waals surface area contributed by atoms with Gasteiger partial charge in [-0.15, -0.1) is 5.10 Å². The zero-order chi connectivity index (χ0) is 19.3. The van der Waals surface area contributed by atoms with E-state index >= 15 is 0 Å². The number of ether oxygens (including phenoxy) is 1. The molecule has 142 valence electrons. The SMILES string of the molecule is Cc1nc2nc3ccn(C[C@@H]4CCCO4)c(=O)c3c(-c3ccccc3Cl)n2n1. The lowest BCUT2D eigenvalue weighted by Gasteiger charge is -2.14. The second kappa shape index (κ2) is 6.68. The summed E-state index contributed by atoms with van der Waals surface area (Å²) in [6, 6.07) is 9.26. The van der Waals surface area contributed by atoms with E-state index in [0.29, 0.717) is 39.8 Å². The summed E-state index contributed by atoms with van der Waals surface area (Å²) in [5, 5.41) is 5.48. The van der Waals surface area contributed by atoms with Crippen molar-refractivity contribution in [2.24, 2.45) is 0 Å². The molecule has 0 unspecified atom stereocenters. The molecular formula is C20H18ClN5O2. The average Bonchev–Trinajstić information content (AvgIpc) is 3.31. The summed E-state index contributed by atoms with van der Waals surface area (Å²) in [6.07, 6.45) is 3.82. The number of rotatable bonds is 3. The Bertz CT molecular complexity index is 1260. The highest BCUT2D eigenvalue weighted by atomic mass is 35.5. The van der Waals surface area contributed by atoms with Gasteiger partial charge in [0.1, 0.15) is 5.82 Å². The molecule has 0 amide bonds. The zero-order valence-electron chi connectivity index (χ0n) is 15.3. The molecule has 0 aliphatic carbocycles. The van der Waals surface area contributed by atoms with Crippen molar-refractivity contribution < 1.29 is 4.74 Å². The molecule has 7 nitrogen and oxygen atoms in total. The van der Waals surface area contributed by atoms with E-state index in [1.54, 1.807) is 28.3 Å². The molecule has 4 aromatic rings. The van der Waals surface area contributed by atoms with Crippen molar-refractivity contribution in [2.75, 3.05) is 6.61 Å². The van der Waals surface area contributed by atoms with Crippen LogP contribution in [0.2, 0.25) is 5.02 Å². The van der Waals surface area contributed by atoms with Gasteiger partial charge in [-0.3, -0.25) is 4.79 Å². The summed E-state index contributed by atoms with van der Waals surface area (Å²) >= 11 is 6.49. The Labute approximate surface area is 165 Å². The Morgan fingerprint density at radius 2 is 2.11 bits per heavy atom. The number of benzene rings is 1. The molecule has 1 saturated heterocycles. The van der Waals surface area contributed by atoms with Crippen LogP contribution in [0.3, 0.4) is 0 Å². The van der Waals surface area contributed by atoms with Crippen LogP contribution >= 0.6 is 11.6 Å². The number of halogens is 1. The van der Waals surface area contributed by atoms with E-state index in [0.717, 1.165) is 25.0 Å². The lowest BCUT2D eigenvalue weighted by molar-refractivity contribution is 0.0963. The van der Waals surface area contributed by atoms with Gasteiger partial charge in [-0.05, 0) is 31.9 Å². The van der Waals surface area contributed by atoms with Crippen molar-refractivity contribution in [3.05, 3.63) is 57.7 Å². The predicted molar refractivity (Wildman–Crippen MR) is 107 cm³/mol. The van der Waals surface area contributed by atoms with Crippen LogP contribution in [0.1, 0.15) is 18.7 Å². The van der Waals surface area contributed by atoms with Crippen molar-refractivity contribution >= 4 is 28.3 Å². The van der Waals surface area contributed by atoms with E-state index < -0.39 is 0 Å². The maximum atomic E-state index is 13.4. The van der Waals surface area contributed by atoms with E-state index in [4.69, 9.17) is 16.3 Å². The Hall–Kier alpha value is -2.77. The molecule has 5 rings (SSSR count). The molecule has 4 heterocycles. The lowest BCUT2D eigenvalue weighted by atomic mass is 10.1. The van der Waals surface area contributed by atoms with Crippen LogP contribution in [0.5, 0.6) is 0 Å². The predicted octanol–water partition coefficient (Wildman–Crippen LogP) is 3.25. The summed E-state index contributed by atoms with van der Waals surface area (Å²) in [4.78, 5) is 22.4. The van der Waals surface area contributed by atoms with Crippen molar-refractivity contribution in [3.8, 4) is 11.3 Å². The minimum absolute atomic E-state index is 0.0595. The fraction of sp³-hybridized carbons (Fsp3) is 0.300. The molecule has 3 aromatic heterocycles. The minimum atomic E-state index is -0.134. The number of hydrogen-bond donors (Lipinski definition) is 0. The lowest BCUT2D eigenvalue weighted by Crippen LogP contribution is -2.27. The van der Waals surface area contributed by atoms with Gasteiger partial charge >= 0.3 is 0 Å². The summed E-state index contributed by atoms with van der Waals surface area (Å²) < 4.78 is 9.01. The van der Waals surface area contributed by atoms with Crippen LogP contribution < -0.4 is 5.56 Å². The molecule has 0 saturated carbocycles. The number of fused-ring (bicyclic) bond motifs is 2. The first-order valence-electron chi connectivity index (χ1n) is 9.25. The fourth-order valence-corrected chi connectivity index (χ4v) is 4.00. The van der Waals surface area contributed by atoms with Crippen LogP contribution in [0.25, 0.3) is 27.9 Å². The molecule has 1 aromatic carbocycles. The molecule has 0 spiro atoms. The van der Waals surface area contributed by atoms with E-state index in [-0.39, 0.29) is 11.7 Å². The average molecular weight is 396 g/mol. The third-order valence-corrected chi connectivity index (χ3v) is 5.39. The smallest absolute Gasteiger partial charge is 0.262 e. The van der Waals surface area contributed by atoms with Crippen LogP contribution in [-0.4, -0.2) is 36.9 Å². The third-order valence-electron chi connectivity index (χ3n) is 5.06. The van der Waals surface area contributed by atoms with Crippen LogP contribution in [0, 0.1) is 6.92 Å². The highest BCUT2D eigenvalue weighted by Crippen LogP contribution is 2.31. The van der Waals surface area contributed by atoms with E-state index in [2.05, 4.69) is 15.1 Å². The van der Waals surface area contributed by atoms with Gasteiger partial charge in [0.05, 0.1) is 29.2 Å². The fourth-order valence-electron chi connectivity index (χ4n) is 3.77. The summed E-state index contributed by atoms with van der Waals surface area (Å²) in [6.45, 7) is 3.06. The minimum Gasteiger partial charge on any atom is -0.376 e. The van der Waals surface area contributed by atoms with Crippen molar-refractivity contribution in [3.63, 3.8) is 0 Å². The Kier molecular flexibility index (Phi) is 4.14. The Morgan fingerprint density at radius 3 is 2.89 bits per heavy atom. The first-order chi connectivity index (χ1) is 13.6. The maximum absolute atomic E-state index is 13.4. The highest BCUT2D eigenvalue weighted by Gasteiger charge is 2.21. The molecule has 8 heteroatoms. The van der Waals surface area contributed by atoms with Gasteiger partial charge in [0.25, 0.3) is 11.3 Å². The topological polar surface area (TPSA) is 74.3 Å². The monoisotopic (exact) mass is 395 g/mol. The van der Waals surface area contributed by atoms with E-state index in [1.807, 2.05) is 24.3 Å². The van der Waals surface area contributed by atoms with Gasteiger partial charge in [0.2, 0.25) is 0 Å². The van der Waals surface area contributed by atoms with Crippen molar-refractivity contribution in [1.29, 1.82) is 0 Å². The van der Waals surface area contributed by atoms with Crippen LogP contribution in [0.4, 0.5) is 0 Å². The molecular weight excluding hydrogens is 378 g/mol. The zero-order valence-corrected chi connectivity index (χ0v) is 16.1. The molecule has 1 aliphatic rings. The van der Waals surface area contributed by atoms with Crippen LogP contribution in [0.15, 0.2) is 41.3 Å².